The Morgan fingerprint density at radius 2 is 1.72 bits per heavy atom. The van der Waals surface area contributed by atoms with E-state index >= 15 is 0 Å². The molecule has 1 unspecified atom stereocenters. The van der Waals surface area contributed by atoms with E-state index in [0.29, 0.717) is 12.2 Å². The van der Waals surface area contributed by atoms with Gasteiger partial charge in [0.1, 0.15) is 5.75 Å². The first-order chi connectivity index (χ1) is 14.8. The van der Waals surface area contributed by atoms with E-state index in [0.717, 1.165) is 17.7 Å². The van der Waals surface area contributed by atoms with Gasteiger partial charge in [0.25, 0.3) is 0 Å². The summed E-state index contributed by atoms with van der Waals surface area (Å²) in [5.41, 5.74) is -6.59. The van der Waals surface area contributed by atoms with Gasteiger partial charge in [-0.05, 0) is 42.7 Å². The molecule has 1 N–H and O–H groups in total. The van der Waals surface area contributed by atoms with Crippen LogP contribution in [0.5, 0.6) is 5.75 Å². The Morgan fingerprint density at radius 1 is 1.06 bits per heavy atom. The number of hydrogen-bond donors (Lipinski definition) is 1. The van der Waals surface area contributed by atoms with Gasteiger partial charge in [0.15, 0.2) is 0 Å². The molecule has 1 heterocycles. The van der Waals surface area contributed by atoms with Crippen molar-refractivity contribution >= 4 is 15.7 Å². The number of rotatable bonds is 5. The molecule has 1 aliphatic heterocycles. The number of benzene rings is 2. The van der Waals surface area contributed by atoms with Gasteiger partial charge < -0.3 is 10.1 Å². The molecule has 32 heavy (non-hydrogen) atoms. The van der Waals surface area contributed by atoms with Crippen LogP contribution >= 0.6 is 0 Å². The molecule has 0 spiro atoms. The van der Waals surface area contributed by atoms with E-state index in [1.165, 1.54) is 13.2 Å². The Bertz CT molecular complexity index is 1050. The number of nitrogens with zero attached hydrogens (tertiary/aromatic N) is 1. The Kier molecular flexibility index (Phi) is 6.66. The van der Waals surface area contributed by atoms with E-state index < -0.39 is 52.0 Å². The van der Waals surface area contributed by atoms with E-state index in [1.54, 1.807) is 24.3 Å². The quantitative estimate of drug-likeness (QED) is 0.623. The predicted molar refractivity (Wildman–Crippen MR) is 106 cm³/mol. The average molecular weight is 482 g/mol. The average Bonchev–Trinajstić information content (AvgIpc) is 2.90. The largest absolute Gasteiger partial charge is 0.511 e. The number of halogens is 6. The van der Waals surface area contributed by atoms with E-state index in [9.17, 15) is 34.8 Å². The first kappa shape index (κ1) is 24.2. The van der Waals surface area contributed by atoms with Gasteiger partial charge >= 0.3 is 21.7 Å². The number of ether oxygens (including phenoxy) is 1. The molecule has 1 atom stereocenters. The molecule has 0 amide bonds. The highest BCUT2D eigenvalue weighted by molar-refractivity contribution is 7.89. The van der Waals surface area contributed by atoms with Crippen LogP contribution in [0, 0.1) is 0 Å². The number of alkyl halides is 6. The first-order valence-electron chi connectivity index (χ1n) is 9.48. The van der Waals surface area contributed by atoms with Crippen LogP contribution in [0.2, 0.25) is 0 Å². The number of nitrogens with one attached hydrogen (secondary N) is 1. The van der Waals surface area contributed by atoms with Crippen LogP contribution in [0.3, 0.4) is 0 Å². The molecule has 0 fully saturated rings. The summed E-state index contributed by atoms with van der Waals surface area (Å²) < 4.78 is 109. The smallest absolute Gasteiger partial charge is 0.497 e. The standard InChI is InChI=1S/C20H20F6N2O3S/c1-31-15-9-6-13(7-10-15)5-8-14-11-28(32(29,30)20(24,25)26)12-16-17(19(21,22)23)3-2-4-18(16)27-14/h2-4,6-7,9-10,14,27H,5,8,11-12H2,1H3. The van der Waals surface area contributed by atoms with Crippen molar-refractivity contribution in [3.05, 3.63) is 59.2 Å². The van der Waals surface area contributed by atoms with E-state index in [2.05, 4.69) is 5.32 Å². The van der Waals surface area contributed by atoms with Crippen molar-refractivity contribution in [1.82, 2.24) is 4.31 Å². The maximum atomic E-state index is 13.5. The molecular formula is C20H20F6N2O3S. The fourth-order valence-electron chi connectivity index (χ4n) is 3.54. The maximum Gasteiger partial charge on any atom is 0.511 e. The Morgan fingerprint density at radius 3 is 2.28 bits per heavy atom. The zero-order chi connectivity index (χ0) is 23.7. The van der Waals surface area contributed by atoms with Crippen molar-refractivity contribution in [2.75, 3.05) is 19.0 Å². The number of hydrogen-bond acceptors (Lipinski definition) is 4. The number of sulfonamides is 1. The number of methoxy groups -OCH3 is 1. The van der Waals surface area contributed by atoms with E-state index in [-0.39, 0.29) is 16.4 Å². The number of aryl methyl sites for hydroxylation is 1. The monoisotopic (exact) mass is 482 g/mol. The summed E-state index contributed by atoms with van der Waals surface area (Å²) in [7, 11) is -4.35. The van der Waals surface area contributed by atoms with Crippen LogP contribution < -0.4 is 10.1 Å². The van der Waals surface area contributed by atoms with Crippen LogP contribution in [0.15, 0.2) is 42.5 Å². The highest BCUT2D eigenvalue weighted by Gasteiger charge is 2.51. The number of anilines is 1. The summed E-state index contributed by atoms with van der Waals surface area (Å²) in [6.07, 6.45) is -4.31. The van der Waals surface area contributed by atoms with Crippen LogP contribution in [0.25, 0.3) is 0 Å². The molecule has 0 saturated carbocycles. The van der Waals surface area contributed by atoms with E-state index in [1.807, 2.05) is 0 Å². The van der Waals surface area contributed by atoms with Gasteiger partial charge in [0, 0.05) is 30.4 Å². The van der Waals surface area contributed by atoms with Gasteiger partial charge in [0.05, 0.1) is 12.7 Å². The highest BCUT2D eigenvalue weighted by atomic mass is 32.2. The molecule has 0 saturated heterocycles. The van der Waals surface area contributed by atoms with Crippen LogP contribution in [-0.4, -0.2) is 37.9 Å². The molecule has 5 nitrogen and oxygen atoms in total. The fraction of sp³-hybridized carbons (Fsp3) is 0.400. The van der Waals surface area contributed by atoms with Gasteiger partial charge in [-0.2, -0.15) is 30.6 Å². The van der Waals surface area contributed by atoms with Crippen molar-refractivity contribution in [3.8, 4) is 5.75 Å². The zero-order valence-electron chi connectivity index (χ0n) is 16.8. The van der Waals surface area contributed by atoms with Gasteiger partial charge in [-0.25, -0.2) is 8.42 Å². The second kappa shape index (κ2) is 8.81. The van der Waals surface area contributed by atoms with E-state index in [4.69, 9.17) is 4.74 Å². The zero-order valence-corrected chi connectivity index (χ0v) is 17.6. The second-order valence-electron chi connectivity index (χ2n) is 7.30. The Labute approximate surface area is 181 Å². The van der Waals surface area contributed by atoms with Crippen molar-refractivity contribution in [2.24, 2.45) is 0 Å². The highest BCUT2D eigenvalue weighted by Crippen LogP contribution is 2.39. The fourth-order valence-corrected chi connectivity index (χ4v) is 4.50. The summed E-state index contributed by atoms with van der Waals surface area (Å²) in [5, 5.41) is 2.82. The molecule has 0 radical (unpaired) electrons. The third-order valence-electron chi connectivity index (χ3n) is 5.17. The molecule has 2 aromatic carbocycles. The first-order valence-corrected chi connectivity index (χ1v) is 10.9. The molecular weight excluding hydrogens is 462 g/mol. The summed E-state index contributed by atoms with van der Waals surface area (Å²) >= 11 is 0. The predicted octanol–water partition coefficient (Wildman–Crippen LogP) is 4.79. The molecule has 0 aromatic heterocycles. The molecule has 0 aliphatic carbocycles. The minimum absolute atomic E-state index is 0.0422. The third-order valence-corrected chi connectivity index (χ3v) is 6.72. The molecule has 176 valence electrons. The molecule has 12 heteroatoms. The maximum absolute atomic E-state index is 13.5. The minimum Gasteiger partial charge on any atom is -0.497 e. The van der Waals surface area contributed by atoms with Gasteiger partial charge in [-0.15, -0.1) is 0 Å². The second-order valence-corrected chi connectivity index (χ2v) is 9.23. The van der Waals surface area contributed by atoms with Gasteiger partial charge in [0.2, 0.25) is 0 Å². The minimum atomic E-state index is -5.84. The van der Waals surface area contributed by atoms with Crippen LogP contribution in [0.1, 0.15) is 23.1 Å². The SMILES string of the molecule is COc1ccc(CCC2CN(S(=O)(=O)C(F)(F)F)Cc3c(cccc3C(F)(F)F)N2)cc1. The van der Waals surface area contributed by atoms with Crippen LogP contribution in [-0.2, 0) is 29.2 Å². The molecule has 0 bridgehead atoms. The van der Waals surface area contributed by atoms with Crippen molar-refractivity contribution in [1.29, 1.82) is 0 Å². The van der Waals surface area contributed by atoms with Crippen LogP contribution in [0.4, 0.5) is 32.0 Å². The third kappa shape index (κ3) is 5.12. The van der Waals surface area contributed by atoms with Crippen molar-refractivity contribution < 1.29 is 39.5 Å². The summed E-state index contributed by atoms with van der Waals surface area (Å²) in [4.78, 5) is 0. The summed E-state index contributed by atoms with van der Waals surface area (Å²) in [5.74, 6) is 0.609. The lowest BCUT2D eigenvalue weighted by Crippen LogP contribution is -2.44. The normalized spacial score (nSPS) is 17.9. The van der Waals surface area contributed by atoms with Gasteiger partial charge in [-0.3, -0.25) is 0 Å². The topological polar surface area (TPSA) is 58.6 Å². The summed E-state index contributed by atoms with van der Waals surface area (Å²) in [6.45, 7) is -1.68. The Hall–Kier alpha value is -2.47. The lowest BCUT2D eigenvalue weighted by molar-refractivity contribution is -0.138. The molecule has 3 rings (SSSR count). The Balaban J connectivity index is 1.95. The summed E-state index contributed by atoms with van der Waals surface area (Å²) in [6, 6.07) is 9.18. The van der Waals surface area contributed by atoms with Crippen molar-refractivity contribution in [2.45, 2.75) is 37.1 Å². The lowest BCUT2D eigenvalue weighted by Gasteiger charge is -2.25. The molecule has 2 aromatic rings. The van der Waals surface area contributed by atoms with Gasteiger partial charge in [-0.1, -0.05) is 18.2 Å². The lowest BCUT2D eigenvalue weighted by atomic mass is 10.0. The van der Waals surface area contributed by atoms with Crippen molar-refractivity contribution in [3.63, 3.8) is 0 Å². The number of fused-ring (bicyclic) bond motifs is 1. The molecule has 1 aliphatic rings.